The summed E-state index contributed by atoms with van der Waals surface area (Å²) in [6, 6.07) is 9.62. The van der Waals surface area contributed by atoms with Gasteiger partial charge in [-0.05, 0) is 50.4 Å². The third kappa shape index (κ3) is 3.26. The molecule has 1 aliphatic carbocycles. The number of nitrogens with zero attached hydrogens (tertiary/aromatic N) is 4. The molecule has 2 aromatic rings. The first-order valence-electron chi connectivity index (χ1n) is 8.54. The third-order valence-corrected chi connectivity index (χ3v) is 4.66. The quantitative estimate of drug-likeness (QED) is 0.813. The number of benzene rings is 1. The first-order chi connectivity index (χ1) is 11.8. The number of likely N-dealkylation sites (tertiary alicyclic amines) is 1. The second-order valence-electron chi connectivity index (χ2n) is 6.45. The van der Waals surface area contributed by atoms with Crippen LogP contribution in [0.1, 0.15) is 54.9 Å². The summed E-state index contributed by atoms with van der Waals surface area (Å²) in [5.41, 5.74) is 0.617. The molecule has 1 aromatic carbocycles. The van der Waals surface area contributed by atoms with E-state index in [0.29, 0.717) is 18.1 Å². The Morgan fingerprint density at radius 2 is 2.25 bits per heavy atom. The summed E-state index contributed by atoms with van der Waals surface area (Å²) in [6.07, 6.45) is 4.55. The lowest BCUT2D eigenvalue weighted by Gasteiger charge is -2.21. The van der Waals surface area contributed by atoms with Crippen LogP contribution >= 0.6 is 0 Å². The molecule has 6 heteroatoms. The average molecular weight is 324 g/mol. The van der Waals surface area contributed by atoms with Crippen molar-refractivity contribution in [3.05, 3.63) is 41.5 Å². The predicted octanol–water partition coefficient (Wildman–Crippen LogP) is 3.03. The van der Waals surface area contributed by atoms with Gasteiger partial charge in [-0.15, -0.1) is 0 Å². The lowest BCUT2D eigenvalue weighted by Crippen LogP contribution is -2.28. The topological polar surface area (TPSA) is 75.2 Å². The summed E-state index contributed by atoms with van der Waals surface area (Å²) in [5, 5.41) is 13.1. The van der Waals surface area contributed by atoms with Crippen molar-refractivity contribution in [1.29, 1.82) is 5.26 Å². The summed E-state index contributed by atoms with van der Waals surface area (Å²) in [6.45, 7) is 2.42. The van der Waals surface area contributed by atoms with E-state index in [1.807, 2.05) is 12.1 Å². The van der Waals surface area contributed by atoms with Gasteiger partial charge in [0.05, 0.1) is 17.7 Å². The monoisotopic (exact) mass is 324 g/mol. The summed E-state index contributed by atoms with van der Waals surface area (Å²) in [7, 11) is 0. The summed E-state index contributed by atoms with van der Waals surface area (Å²) < 4.78 is 11.2. The molecule has 0 bridgehead atoms. The standard InChI is InChI=1S/C18H20N4O2/c19-12-13-3-1-4-15(11-13)23-10-9-22-8-2-5-16(22)17-20-18(24-21-17)14-6-7-14/h1,3-4,11,14,16H,2,5-10H2/t16-/m0/s1. The lowest BCUT2D eigenvalue weighted by atomic mass is 10.2. The van der Waals surface area contributed by atoms with E-state index in [-0.39, 0.29) is 6.04 Å². The zero-order valence-electron chi connectivity index (χ0n) is 13.5. The van der Waals surface area contributed by atoms with Crippen LogP contribution in [0.15, 0.2) is 28.8 Å². The van der Waals surface area contributed by atoms with Crippen molar-refractivity contribution in [2.24, 2.45) is 0 Å². The van der Waals surface area contributed by atoms with E-state index < -0.39 is 0 Å². The zero-order chi connectivity index (χ0) is 16.4. The smallest absolute Gasteiger partial charge is 0.229 e. The van der Waals surface area contributed by atoms with Gasteiger partial charge in [0.25, 0.3) is 0 Å². The maximum absolute atomic E-state index is 8.93. The van der Waals surface area contributed by atoms with Crippen LogP contribution in [0, 0.1) is 11.3 Å². The molecule has 1 atom stereocenters. The van der Waals surface area contributed by atoms with E-state index in [0.717, 1.165) is 43.4 Å². The normalized spacial score (nSPS) is 20.9. The van der Waals surface area contributed by atoms with Crippen molar-refractivity contribution in [3.63, 3.8) is 0 Å². The Labute approximate surface area is 141 Å². The Hall–Kier alpha value is -2.39. The van der Waals surface area contributed by atoms with Gasteiger partial charge in [-0.2, -0.15) is 10.2 Å². The van der Waals surface area contributed by atoms with Crippen LogP contribution in [0.2, 0.25) is 0 Å². The average Bonchev–Trinajstić information content (AvgIpc) is 3.16. The number of hydrogen-bond acceptors (Lipinski definition) is 6. The van der Waals surface area contributed by atoms with Crippen LogP contribution in [0.4, 0.5) is 0 Å². The molecule has 2 heterocycles. The molecule has 124 valence electrons. The van der Waals surface area contributed by atoms with Gasteiger partial charge in [0, 0.05) is 12.5 Å². The molecule has 0 spiro atoms. The van der Waals surface area contributed by atoms with Crippen LogP contribution in [-0.2, 0) is 0 Å². The van der Waals surface area contributed by atoms with Gasteiger partial charge in [0.2, 0.25) is 5.89 Å². The Bertz CT molecular complexity index is 747. The summed E-state index contributed by atoms with van der Waals surface area (Å²) in [4.78, 5) is 6.95. The van der Waals surface area contributed by atoms with E-state index >= 15 is 0 Å². The van der Waals surface area contributed by atoms with Crippen molar-refractivity contribution < 1.29 is 9.26 Å². The Kier molecular flexibility index (Phi) is 4.18. The first-order valence-corrected chi connectivity index (χ1v) is 8.54. The van der Waals surface area contributed by atoms with Gasteiger partial charge < -0.3 is 9.26 Å². The second kappa shape index (κ2) is 6.62. The van der Waals surface area contributed by atoms with Crippen molar-refractivity contribution >= 4 is 0 Å². The van der Waals surface area contributed by atoms with Crippen LogP contribution in [0.25, 0.3) is 0 Å². The Balaban J connectivity index is 1.34. The van der Waals surface area contributed by atoms with Crippen molar-refractivity contribution in [2.75, 3.05) is 19.7 Å². The van der Waals surface area contributed by atoms with E-state index in [1.165, 1.54) is 12.8 Å². The van der Waals surface area contributed by atoms with Crippen molar-refractivity contribution in [3.8, 4) is 11.8 Å². The van der Waals surface area contributed by atoms with Gasteiger partial charge in [-0.25, -0.2) is 0 Å². The first kappa shape index (κ1) is 15.2. The fourth-order valence-electron chi connectivity index (χ4n) is 3.20. The van der Waals surface area contributed by atoms with Gasteiger partial charge >= 0.3 is 0 Å². The van der Waals surface area contributed by atoms with E-state index in [1.54, 1.807) is 12.1 Å². The maximum atomic E-state index is 8.93. The highest BCUT2D eigenvalue weighted by Crippen LogP contribution is 2.40. The number of aromatic nitrogens is 2. The van der Waals surface area contributed by atoms with Crippen LogP contribution in [-0.4, -0.2) is 34.7 Å². The number of ether oxygens (including phenoxy) is 1. The van der Waals surface area contributed by atoms with E-state index in [2.05, 4.69) is 21.1 Å². The minimum atomic E-state index is 0.232. The molecule has 0 radical (unpaired) electrons. The molecule has 2 fully saturated rings. The molecule has 1 saturated carbocycles. The minimum absolute atomic E-state index is 0.232. The molecule has 24 heavy (non-hydrogen) atoms. The molecule has 0 amide bonds. The molecular weight excluding hydrogens is 304 g/mol. The number of rotatable bonds is 6. The second-order valence-corrected chi connectivity index (χ2v) is 6.45. The molecule has 6 nitrogen and oxygen atoms in total. The highest BCUT2D eigenvalue weighted by molar-refractivity contribution is 5.36. The Morgan fingerprint density at radius 3 is 3.08 bits per heavy atom. The molecule has 1 aliphatic heterocycles. The summed E-state index contributed by atoms with van der Waals surface area (Å²) >= 11 is 0. The van der Waals surface area contributed by atoms with E-state index in [4.69, 9.17) is 14.5 Å². The third-order valence-electron chi connectivity index (χ3n) is 4.66. The van der Waals surface area contributed by atoms with Crippen molar-refractivity contribution in [2.45, 2.75) is 37.6 Å². The molecule has 4 rings (SSSR count). The molecule has 1 saturated heterocycles. The SMILES string of the molecule is N#Cc1cccc(OCCN2CCC[C@H]2c2noc(C3CC3)n2)c1. The molecule has 0 N–H and O–H groups in total. The molecular formula is C18H20N4O2. The Morgan fingerprint density at radius 1 is 1.33 bits per heavy atom. The minimum Gasteiger partial charge on any atom is -0.492 e. The summed E-state index contributed by atoms with van der Waals surface area (Å²) in [5.74, 6) is 2.86. The maximum Gasteiger partial charge on any atom is 0.229 e. The van der Waals surface area contributed by atoms with Crippen molar-refractivity contribution in [1.82, 2.24) is 15.0 Å². The largest absolute Gasteiger partial charge is 0.492 e. The van der Waals surface area contributed by atoms with Crippen LogP contribution < -0.4 is 4.74 Å². The number of nitriles is 1. The van der Waals surface area contributed by atoms with Gasteiger partial charge in [0.1, 0.15) is 12.4 Å². The van der Waals surface area contributed by atoms with Gasteiger partial charge in [-0.1, -0.05) is 11.2 Å². The molecule has 0 unspecified atom stereocenters. The molecule has 1 aromatic heterocycles. The zero-order valence-corrected chi connectivity index (χ0v) is 13.5. The van der Waals surface area contributed by atoms with Gasteiger partial charge in [-0.3, -0.25) is 4.90 Å². The van der Waals surface area contributed by atoms with Crippen LogP contribution in [0.3, 0.4) is 0 Å². The molecule has 2 aliphatic rings. The highest BCUT2D eigenvalue weighted by Gasteiger charge is 2.34. The van der Waals surface area contributed by atoms with Crippen LogP contribution in [0.5, 0.6) is 5.75 Å². The highest BCUT2D eigenvalue weighted by atomic mass is 16.5. The lowest BCUT2D eigenvalue weighted by molar-refractivity contribution is 0.190. The van der Waals surface area contributed by atoms with E-state index in [9.17, 15) is 0 Å². The van der Waals surface area contributed by atoms with Gasteiger partial charge in [0.15, 0.2) is 5.82 Å². The predicted molar refractivity (Wildman–Crippen MR) is 86.5 cm³/mol. The fourth-order valence-corrected chi connectivity index (χ4v) is 3.20. The fraction of sp³-hybridized carbons (Fsp3) is 0.500. The number of hydrogen-bond donors (Lipinski definition) is 0.